The third kappa shape index (κ3) is 4.21. The minimum atomic E-state index is -0.842. The molecule has 1 aromatic carbocycles. The van der Waals surface area contributed by atoms with Crippen LogP contribution >= 0.6 is 0 Å². The van der Waals surface area contributed by atoms with Crippen LogP contribution in [-0.2, 0) is 4.74 Å². The molecule has 2 amide bonds. The highest BCUT2D eigenvalue weighted by Crippen LogP contribution is 2.19. The summed E-state index contributed by atoms with van der Waals surface area (Å²) in [7, 11) is 0. The Kier molecular flexibility index (Phi) is 4.98. The number of aliphatic hydroxyl groups is 1. The van der Waals surface area contributed by atoms with Crippen molar-refractivity contribution in [2.24, 2.45) is 0 Å². The van der Waals surface area contributed by atoms with Gasteiger partial charge in [-0.15, -0.1) is 0 Å². The molecule has 1 atom stereocenters. The quantitative estimate of drug-likeness (QED) is 0.783. The van der Waals surface area contributed by atoms with Gasteiger partial charge in [-0.2, -0.15) is 0 Å². The molecule has 0 bridgehead atoms. The molecule has 20 heavy (non-hydrogen) atoms. The molecule has 110 valence electrons. The van der Waals surface area contributed by atoms with E-state index in [4.69, 9.17) is 4.74 Å². The summed E-state index contributed by atoms with van der Waals surface area (Å²) < 4.78 is 5.21. The van der Waals surface area contributed by atoms with Gasteiger partial charge in [-0.25, -0.2) is 4.79 Å². The first kappa shape index (κ1) is 14.8. The molecule has 0 aromatic heterocycles. The van der Waals surface area contributed by atoms with E-state index in [0.29, 0.717) is 26.1 Å². The molecule has 2 rings (SSSR count). The van der Waals surface area contributed by atoms with E-state index in [2.05, 4.69) is 10.6 Å². The van der Waals surface area contributed by atoms with Gasteiger partial charge < -0.3 is 20.5 Å². The summed E-state index contributed by atoms with van der Waals surface area (Å²) in [6, 6.07) is 9.43. The third-order valence-corrected chi connectivity index (χ3v) is 3.65. The molecule has 5 heteroatoms. The monoisotopic (exact) mass is 278 g/mol. The van der Waals surface area contributed by atoms with E-state index < -0.39 is 5.60 Å². The predicted molar refractivity (Wildman–Crippen MR) is 76.4 cm³/mol. The lowest BCUT2D eigenvalue weighted by Crippen LogP contribution is -2.49. The van der Waals surface area contributed by atoms with E-state index in [1.165, 1.54) is 0 Å². The summed E-state index contributed by atoms with van der Waals surface area (Å²) in [6.07, 6.45) is 1.11. The van der Waals surface area contributed by atoms with Crippen LogP contribution in [0, 0.1) is 0 Å². The first-order valence-electron chi connectivity index (χ1n) is 6.98. The van der Waals surface area contributed by atoms with Crippen LogP contribution in [0.4, 0.5) is 4.79 Å². The minimum absolute atomic E-state index is 0.0690. The standard InChI is InChI=1S/C15H22N2O3/c1-12(13-5-3-2-4-6-13)17-14(18)16-11-15(19)7-9-20-10-8-15/h2-6,12,19H,7-11H2,1H3,(H2,16,17,18). The van der Waals surface area contributed by atoms with E-state index in [1.54, 1.807) is 0 Å². The van der Waals surface area contributed by atoms with Crippen molar-refractivity contribution >= 4 is 6.03 Å². The summed E-state index contributed by atoms with van der Waals surface area (Å²) in [4.78, 5) is 11.8. The van der Waals surface area contributed by atoms with Crippen LogP contribution in [0.5, 0.6) is 0 Å². The lowest BCUT2D eigenvalue weighted by Gasteiger charge is -2.32. The average Bonchev–Trinajstić information content (AvgIpc) is 2.47. The maximum Gasteiger partial charge on any atom is 0.315 e. The molecular formula is C15H22N2O3. The van der Waals surface area contributed by atoms with Crippen LogP contribution < -0.4 is 10.6 Å². The Morgan fingerprint density at radius 3 is 2.65 bits per heavy atom. The molecule has 1 heterocycles. The second-order valence-corrected chi connectivity index (χ2v) is 5.30. The number of benzene rings is 1. The Hall–Kier alpha value is -1.59. The van der Waals surface area contributed by atoms with Crippen LogP contribution in [0.2, 0.25) is 0 Å². The zero-order chi connectivity index (χ0) is 14.4. The molecule has 0 saturated carbocycles. The van der Waals surface area contributed by atoms with Crippen molar-refractivity contribution in [3.05, 3.63) is 35.9 Å². The number of urea groups is 1. The number of nitrogens with one attached hydrogen (secondary N) is 2. The molecule has 1 saturated heterocycles. The maximum absolute atomic E-state index is 11.8. The fourth-order valence-electron chi connectivity index (χ4n) is 2.25. The van der Waals surface area contributed by atoms with Gasteiger partial charge in [-0.3, -0.25) is 0 Å². The highest BCUT2D eigenvalue weighted by molar-refractivity contribution is 5.74. The molecule has 0 aliphatic carbocycles. The number of ether oxygens (including phenoxy) is 1. The second kappa shape index (κ2) is 6.72. The molecule has 1 aliphatic heterocycles. The lowest BCUT2D eigenvalue weighted by molar-refractivity contribution is -0.0600. The van der Waals surface area contributed by atoms with Gasteiger partial charge in [-0.1, -0.05) is 30.3 Å². The third-order valence-electron chi connectivity index (χ3n) is 3.65. The Morgan fingerprint density at radius 2 is 2.00 bits per heavy atom. The van der Waals surface area contributed by atoms with E-state index in [1.807, 2.05) is 37.3 Å². The molecular weight excluding hydrogens is 256 g/mol. The van der Waals surface area contributed by atoms with E-state index in [9.17, 15) is 9.90 Å². The summed E-state index contributed by atoms with van der Waals surface area (Å²) in [5.41, 5.74) is 0.207. The van der Waals surface area contributed by atoms with Crippen molar-refractivity contribution in [2.45, 2.75) is 31.4 Å². The second-order valence-electron chi connectivity index (χ2n) is 5.30. The van der Waals surface area contributed by atoms with E-state index in [-0.39, 0.29) is 18.6 Å². The van der Waals surface area contributed by atoms with Gasteiger partial charge in [0, 0.05) is 32.6 Å². The first-order valence-corrected chi connectivity index (χ1v) is 6.98. The van der Waals surface area contributed by atoms with Crippen molar-refractivity contribution in [1.82, 2.24) is 10.6 Å². The molecule has 3 N–H and O–H groups in total. The number of hydrogen-bond acceptors (Lipinski definition) is 3. The number of rotatable bonds is 4. The first-order chi connectivity index (χ1) is 9.59. The summed E-state index contributed by atoms with van der Waals surface area (Å²) in [5, 5.41) is 15.8. The fourth-order valence-corrected chi connectivity index (χ4v) is 2.25. The van der Waals surface area contributed by atoms with Crippen LogP contribution in [0.15, 0.2) is 30.3 Å². The Balaban J connectivity index is 1.78. The zero-order valence-electron chi connectivity index (χ0n) is 11.8. The van der Waals surface area contributed by atoms with Gasteiger partial charge in [-0.05, 0) is 12.5 Å². The molecule has 1 fully saturated rings. The lowest BCUT2D eigenvalue weighted by atomic mass is 9.94. The average molecular weight is 278 g/mol. The van der Waals surface area contributed by atoms with Crippen LogP contribution in [-0.4, -0.2) is 36.5 Å². The summed E-state index contributed by atoms with van der Waals surface area (Å²) in [6.45, 7) is 3.27. The van der Waals surface area contributed by atoms with Crippen molar-refractivity contribution in [2.75, 3.05) is 19.8 Å². The predicted octanol–water partition coefficient (Wildman–Crippen LogP) is 1.59. The van der Waals surface area contributed by atoms with Crippen molar-refractivity contribution in [1.29, 1.82) is 0 Å². The fraction of sp³-hybridized carbons (Fsp3) is 0.533. The van der Waals surface area contributed by atoms with Crippen LogP contribution in [0.1, 0.15) is 31.4 Å². The molecule has 0 radical (unpaired) electrons. The number of carbonyl (C=O) groups is 1. The minimum Gasteiger partial charge on any atom is -0.388 e. The zero-order valence-corrected chi connectivity index (χ0v) is 11.8. The van der Waals surface area contributed by atoms with Crippen LogP contribution in [0.3, 0.4) is 0 Å². The van der Waals surface area contributed by atoms with Gasteiger partial charge in [0.1, 0.15) is 0 Å². The highest BCUT2D eigenvalue weighted by Gasteiger charge is 2.30. The normalized spacial score (nSPS) is 19.1. The molecule has 5 nitrogen and oxygen atoms in total. The molecule has 1 unspecified atom stereocenters. The summed E-state index contributed by atoms with van der Waals surface area (Å²) >= 11 is 0. The SMILES string of the molecule is CC(NC(=O)NCC1(O)CCOCC1)c1ccccc1. The largest absolute Gasteiger partial charge is 0.388 e. The Morgan fingerprint density at radius 1 is 1.35 bits per heavy atom. The van der Waals surface area contributed by atoms with Gasteiger partial charge in [0.25, 0.3) is 0 Å². The van der Waals surface area contributed by atoms with Crippen molar-refractivity contribution < 1.29 is 14.6 Å². The van der Waals surface area contributed by atoms with E-state index >= 15 is 0 Å². The van der Waals surface area contributed by atoms with E-state index in [0.717, 1.165) is 5.56 Å². The van der Waals surface area contributed by atoms with Crippen molar-refractivity contribution in [3.8, 4) is 0 Å². The number of amides is 2. The molecule has 1 aromatic rings. The van der Waals surface area contributed by atoms with Gasteiger partial charge in [0.15, 0.2) is 0 Å². The summed E-state index contributed by atoms with van der Waals surface area (Å²) in [5.74, 6) is 0. The van der Waals surface area contributed by atoms with Gasteiger partial charge in [0.2, 0.25) is 0 Å². The molecule has 0 spiro atoms. The van der Waals surface area contributed by atoms with Gasteiger partial charge in [0.05, 0.1) is 11.6 Å². The maximum atomic E-state index is 11.8. The van der Waals surface area contributed by atoms with Crippen LogP contribution in [0.25, 0.3) is 0 Å². The Bertz CT molecular complexity index is 430. The number of hydrogen-bond donors (Lipinski definition) is 3. The highest BCUT2D eigenvalue weighted by atomic mass is 16.5. The van der Waals surface area contributed by atoms with Gasteiger partial charge >= 0.3 is 6.03 Å². The smallest absolute Gasteiger partial charge is 0.315 e. The number of carbonyl (C=O) groups excluding carboxylic acids is 1. The Labute approximate surface area is 119 Å². The van der Waals surface area contributed by atoms with Crippen molar-refractivity contribution in [3.63, 3.8) is 0 Å². The topological polar surface area (TPSA) is 70.6 Å². The molecule has 1 aliphatic rings.